The zero-order valence-electron chi connectivity index (χ0n) is 19.7. The smallest absolute Gasteiger partial charge is 0.328 e. The first kappa shape index (κ1) is 24.6. The molecule has 0 atom stereocenters. The summed E-state index contributed by atoms with van der Waals surface area (Å²) in [5.74, 6) is 0.509. The fourth-order valence-electron chi connectivity index (χ4n) is 3.86. The van der Waals surface area contributed by atoms with Gasteiger partial charge in [-0.25, -0.2) is 18.1 Å². The lowest BCUT2D eigenvalue weighted by Crippen LogP contribution is -2.50. The molecule has 0 bridgehead atoms. The first-order valence-electron chi connectivity index (χ1n) is 10.8. The summed E-state index contributed by atoms with van der Waals surface area (Å²) in [7, 11) is -1.71. The molecule has 1 aliphatic rings. The Bertz CT molecular complexity index is 1140. The van der Waals surface area contributed by atoms with Crippen molar-refractivity contribution in [3.8, 4) is 5.75 Å². The molecule has 2 aromatic carbocycles. The number of urea groups is 1. The number of carbonyl (C=O) groups excluding carboxylic acids is 2. The maximum Gasteiger partial charge on any atom is 0.328 e. The Balaban J connectivity index is 1.94. The molecule has 2 aromatic rings. The third kappa shape index (κ3) is 6.04. The Morgan fingerprint density at radius 3 is 2.30 bits per heavy atom. The van der Waals surface area contributed by atoms with E-state index in [4.69, 9.17) is 4.74 Å². The Labute approximate surface area is 195 Å². The number of hydrogen-bond acceptors (Lipinski definition) is 5. The Kier molecular flexibility index (Phi) is 7.02. The number of anilines is 2. The first-order valence-corrected chi connectivity index (χ1v) is 12.7. The molecule has 0 radical (unpaired) electrons. The summed E-state index contributed by atoms with van der Waals surface area (Å²) in [4.78, 5) is 26.2. The number of carbonyl (C=O) groups is 2. The minimum atomic E-state index is -3.33. The SMILES string of the molecule is COc1c(CCc2ccc(NS(C)(=O)=O)cc2)cc(N2C(=O)CCNC2=O)cc1C(C)(C)C. The summed E-state index contributed by atoms with van der Waals surface area (Å²) in [6.07, 6.45) is 2.65. The van der Waals surface area contributed by atoms with Gasteiger partial charge in [-0.15, -0.1) is 0 Å². The van der Waals surface area contributed by atoms with Crippen LogP contribution in [0.15, 0.2) is 36.4 Å². The summed E-state index contributed by atoms with van der Waals surface area (Å²) in [6.45, 7) is 6.52. The molecular formula is C24H31N3O5S. The molecule has 1 heterocycles. The highest BCUT2D eigenvalue weighted by Crippen LogP contribution is 2.38. The number of benzene rings is 2. The highest BCUT2D eigenvalue weighted by atomic mass is 32.2. The standard InChI is InChI=1S/C24H31N3O5S/c1-24(2,3)20-15-19(27-21(28)12-13-25-23(27)29)14-17(22(20)32-4)9-6-16-7-10-18(11-8-16)26-33(5,30)31/h7-8,10-11,14-15,26H,6,9,12-13H2,1-5H3,(H,25,29). The number of rotatable bonds is 7. The molecule has 9 heteroatoms. The van der Waals surface area contributed by atoms with Gasteiger partial charge in [0.25, 0.3) is 0 Å². The van der Waals surface area contributed by atoms with Crippen LogP contribution in [0.5, 0.6) is 5.75 Å². The van der Waals surface area contributed by atoms with Gasteiger partial charge in [-0.2, -0.15) is 0 Å². The lowest BCUT2D eigenvalue weighted by atomic mass is 9.83. The van der Waals surface area contributed by atoms with Crippen LogP contribution in [-0.4, -0.2) is 40.3 Å². The van der Waals surface area contributed by atoms with Crippen molar-refractivity contribution in [1.29, 1.82) is 0 Å². The van der Waals surface area contributed by atoms with Crippen molar-refractivity contribution < 1.29 is 22.7 Å². The molecule has 8 nitrogen and oxygen atoms in total. The number of amides is 3. The van der Waals surface area contributed by atoms with Crippen LogP contribution in [0.1, 0.15) is 43.9 Å². The fourth-order valence-corrected chi connectivity index (χ4v) is 4.42. The number of aryl methyl sites for hydroxylation is 2. The van der Waals surface area contributed by atoms with Crippen LogP contribution in [0.3, 0.4) is 0 Å². The predicted octanol–water partition coefficient (Wildman–Crippen LogP) is 3.60. The van der Waals surface area contributed by atoms with Crippen LogP contribution in [0.2, 0.25) is 0 Å². The summed E-state index contributed by atoms with van der Waals surface area (Å²) in [5.41, 5.74) is 3.59. The lowest BCUT2D eigenvalue weighted by Gasteiger charge is -2.30. The Morgan fingerprint density at radius 1 is 1.09 bits per heavy atom. The summed E-state index contributed by atoms with van der Waals surface area (Å²) < 4.78 is 31.0. The second kappa shape index (κ2) is 9.43. The topological polar surface area (TPSA) is 105 Å². The van der Waals surface area contributed by atoms with E-state index in [2.05, 4.69) is 30.8 Å². The van der Waals surface area contributed by atoms with Gasteiger partial charge in [0.15, 0.2) is 0 Å². The van der Waals surface area contributed by atoms with Gasteiger partial charge in [-0.1, -0.05) is 32.9 Å². The third-order valence-corrected chi connectivity index (χ3v) is 6.04. The van der Waals surface area contributed by atoms with Crippen molar-refractivity contribution in [2.75, 3.05) is 29.5 Å². The van der Waals surface area contributed by atoms with E-state index in [1.807, 2.05) is 24.3 Å². The van der Waals surface area contributed by atoms with E-state index in [9.17, 15) is 18.0 Å². The molecule has 0 aliphatic carbocycles. The molecule has 0 spiro atoms. The molecular weight excluding hydrogens is 442 g/mol. The number of nitrogens with zero attached hydrogens (tertiary/aromatic N) is 1. The highest BCUT2D eigenvalue weighted by molar-refractivity contribution is 7.92. The van der Waals surface area contributed by atoms with E-state index in [-0.39, 0.29) is 17.7 Å². The Hall–Kier alpha value is -3.07. The minimum Gasteiger partial charge on any atom is -0.496 e. The lowest BCUT2D eigenvalue weighted by molar-refractivity contribution is -0.118. The number of hydrogen-bond donors (Lipinski definition) is 2. The average molecular weight is 474 g/mol. The fraction of sp³-hybridized carbons (Fsp3) is 0.417. The largest absolute Gasteiger partial charge is 0.496 e. The summed E-state index contributed by atoms with van der Waals surface area (Å²) >= 11 is 0. The molecule has 0 unspecified atom stereocenters. The van der Waals surface area contributed by atoms with Crippen LogP contribution >= 0.6 is 0 Å². The number of nitrogens with one attached hydrogen (secondary N) is 2. The zero-order chi connectivity index (χ0) is 24.4. The van der Waals surface area contributed by atoms with Crippen LogP contribution in [-0.2, 0) is 33.1 Å². The van der Waals surface area contributed by atoms with E-state index < -0.39 is 16.1 Å². The molecule has 3 rings (SSSR count). The summed E-state index contributed by atoms with van der Waals surface area (Å²) in [6, 6.07) is 10.5. The molecule has 3 amide bonds. The molecule has 178 valence electrons. The van der Waals surface area contributed by atoms with E-state index in [1.54, 1.807) is 19.2 Å². The summed E-state index contributed by atoms with van der Waals surface area (Å²) in [5, 5.41) is 2.73. The minimum absolute atomic E-state index is 0.233. The van der Waals surface area contributed by atoms with Crippen LogP contribution in [0, 0.1) is 0 Å². The maximum atomic E-state index is 12.5. The van der Waals surface area contributed by atoms with Gasteiger partial charge in [-0.05, 0) is 53.6 Å². The maximum absolute atomic E-state index is 12.5. The number of imide groups is 1. The second-order valence-corrected chi connectivity index (χ2v) is 11.0. The van der Waals surface area contributed by atoms with Gasteiger partial charge < -0.3 is 10.1 Å². The van der Waals surface area contributed by atoms with Crippen molar-refractivity contribution in [3.63, 3.8) is 0 Å². The Morgan fingerprint density at radius 2 is 1.76 bits per heavy atom. The molecule has 2 N–H and O–H groups in total. The predicted molar refractivity (Wildman–Crippen MR) is 130 cm³/mol. The van der Waals surface area contributed by atoms with Gasteiger partial charge >= 0.3 is 6.03 Å². The van der Waals surface area contributed by atoms with Gasteiger partial charge in [0.2, 0.25) is 15.9 Å². The van der Waals surface area contributed by atoms with Crippen molar-refractivity contribution in [2.45, 2.75) is 45.4 Å². The van der Waals surface area contributed by atoms with Gasteiger partial charge in [0, 0.05) is 24.2 Å². The monoisotopic (exact) mass is 473 g/mol. The molecule has 1 fully saturated rings. The van der Waals surface area contributed by atoms with Crippen molar-refractivity contribution in [1.82, 2.24) is 5.32 Å². The van der Waals surface area contributed by atoms with Crippen molar-refractivity contribution in [3.05, 3.63) is 53.1 Å². The number of sulfonamides is 1. The molecule has 1 aliphatic heterocycles. The molecule has 0 saturated carbocycles. The molecule has 1 saturated heterocycles. The highest BCUT2D eigenvalue weighted by Gasteiger charge is 2.30. The molecule has 33 heavy (non-hydrogen) atoms. The van der Waals surface area contributed by atoms with Crippen LogP contribution < -0.4 is 19.7 Å². The van der Waals surface area contributed by atoms with Gasteiger partial charge in [-0.3, -0.25) is 9.52 Å². The van der Waals surface area contributed by atoms with E-state index in [0.717, 1.165) is 28.7 Å². The second-order valence-electron chi connectivity index (χ2n) is 9.22. The van der Waals surface area contributed by atoms with E-state index in [0.29, 0.717) is 30.8 Å². The quantitative estimate of drug-likeness (QED) is 0.639. The van der Waals surface area contributed by atoms with Crippen molar-refractivity contribution in [2.24, 2.45) is 0 Å². The van der Waals surface area contributed by atoms with Crippen molar-refractivity contribution >= 4 is 33.3 Å². The number of ether oxygens (including phenoxy) is 1. The van der Waals surface area contributed by atoms with Gasteiger partial charge in [0.05, 0.1) is 19.1 Å². The van der Waals surface area contributed by atoms with Gasteiger partial charge in [0.1, 0.15) is 5.75 Å². The third-order valence-electron chi connectivity index (χ3n) is 5.43. The number of methoxy groups -OCH3 is 1. The normalized spacial score (nSPS) is 14.8. The first-order chi connectivity index (χ1) is 15.4. The van der Waals surface area contributed by atoms with Crippen LogP contribution in [0.25, 0.3) is 0 Å². The van der Waals surface area contributed by atoms with E-state index in [1.165, 1.54) is 4.90 Å². The van der Waals surface area contributed by atoms with E-state index >= 15 is 0 Å². The van der Waals surface area contributed by atoms with Crippen LogP contribution in [0.4, 0.5) is 16.2 Å². The molecule has 0 aromatic heterocycles. The average Bonchev–Trinajstić information content (AvgIpc) is 2.71. The zero-order valence-corrected chi connectivity index (χ0v) is 20.5.